The largest absolute Gasteiger partial charge is 0.505 e. The molecular weight excluding hydrogens is 181 g/mol. The molecule has 2 nitrogen and oxygen atoms in total. The molecule has 0 spiro atoms. The van der Waals surface area contributed by atoms with E-state index in [-0.39, 0.29) is 5.75 Å². The van der Waals surface area contributed by atoms with Crippen LogP contribution in [0.1, 0.15) is 24.8 Å². The summed E-state index contributed by atoms with van der Waals surface area (Å²) >= 11 is 0. The van der Waals surface area contributed by atoms with E-state index >= 15 is 0 Å². The number of para-hydroxylation sites is 1. The van der Waals surface area contributed by atoms with Gasteiger partial charge in [0.25, 0.3) is 0 Å². The Morgan fingerprint density at radius 2 is 2.14 bits per heavy atom. The van der Waals surface area contributed by atoms with Crippen molar-refractivity contribution in [1.29, 1.82) is 5.26 Å². The number of nitrogens with zero attached hydrogens (tertiary/aromatic N) is 1. The van der Waals surface area contributed by atoms with Gasteiger partial charge < -0.3 is 5.11 Å². The summed E-state index contributed by atoms with van der Waals surface area (Å²) in [6.45, 7) is 0. The van der Waals surface area contributed by atoms with Crippen LogP contribution in [-0.2, 0) is 5.41 Å². The molecule has 0 atom stereocenters. The summed E-state index contributed by atoms with van der Waals surface area (Å²) in [6, 6.07) is 6.52. The van der Waals surface area contributed by atoms with Crippen molar-refractivity contribution in [3.05, 3.63) is 29.6 Å². The van der Waals surface area contributed by atoms with E-state index in [2.05, 4.69) is 6.07 Å². The van der Waals surface area contributed by atoms with Gasteiger partial charge in [-0.3, -0.25) is 0 Å². The lowest BCUT2D eigenvalue weighted by Crippen LogP contribution is -2.32. The van der Waals surface area contributed by atoms with E-state index < -0.39 is 11.2 Å². The summed E-state index contributed by atoms with van der Waals surface area (Å²) in [5.74, 6) is -1.02. The average Bonchev–Trinajstić information content (AvgIpc) is 2.11. The smallest absolute Gasteiger partial charge is 0.165 e. The maximum Gasteiger partial charge on any atom is 0.165 e. The van der Waals surface area contributed by atoms with Crippen LogP contribution in [0.5, 0.6) is 5.75 Å². The third-order valence-electron chi connectivity index (χ3n) is 2.92. The van der Waals surface area contributed by atoms with Gasteiger partial charge in [0.05, 0.1) is 11.5 Å². The van der Waals surface area contributed by atoms with Crippen LogP contribution in [-0.4, -0.2) is 5.11 Å². The molecule has 3 heteroatoms. The maximum atomic E-state index is 13.0. The van der Waals surface area contributed by atoms with Crippen LogP contribution < -0.4 is 0 Å². The first-order valence-electron chi connectivity index (χ1n) is 4.59. The molecule has 14 heavy (non-hydrogen) atoms. The number of phenolic OH excluding ortho intramolecular Hbond substituents is 1. The molecule has 0 bridgehead atoms. The highest BCUT2D eigenvalue weighted by Crippen LogP contribution is 2.46. The fraction of sp³-hybridized carbons (Fsp3) is 0.364. The van der Waals surface area contributed by atoms with Crippen LogP contribution in [0.15, 0.2) is 18.2 Å². The molecule has 1 N–H and O–H groups in total. The minimum absolute atomic E-state index is 0.367. The van der Waals surface area contributed by atoms with Crippen molar-refractivity contribution in [2.24, 2.45) is 0 Å². The van der Waals surface area contributed by atoms with Gasteiger partial charge in [0.2, 0.25) is 0 Å². The third kappa shape index (κ3) is 1.07. The minimum Gasteiger partial charge on any atom is -0.505 e. The SMILES string of the molecule is N#CC1(c2cccc(F)c2O)CCC1. The second kappa shape index (κ2) is 2.98. The zero-order valence-electron chi connectivity index (χ0n) is 7.63. The van der Waals surface area contributed by atoms with E-state index in [4.69, 9.17) is 5.26 Å². The monoisotopic (exact) mass is 191 g/mol. The zero-order chi connectivity index (χ0) is 10.2. The average molecular weight is 191 g/mol. The molecule has 1 aliphatic rings. The predicted octanol–water partition coefficient (Wildman–Crippen LogP) is 2.48. The van der Waals surface area contributed by atoms with Gasteiger partial charge >= 0.3 is 0 Å². The highest BCUT2D eigenvalue weighted by Gasteiger charge is 2.41. The summed E-state index contributed by atoms with van der Waals surface area (Å²) in [5.41, 5.74) is -0.210. The van der Waals surface area contributed by atoms with Crippen LogP contribution in [0.2, 0.25) is 0 Å². The van der Waals surface area contributed by atoms with Crippen LogP contribution in [0.4, 0.5) is 4.39 Å². The van der Waals surface area contributed by atoms with Gasteiger partial charge in [-0.05, 0) is 25.3 Å². The second-order valence-corrected chi connectivity index (χ2v) is 3.68. The molecule has 1 aromatic rings. The lowest BCUT2D eigenvalue weighted by Gasteiger charge is -2.35. The first kappa shape index (κ1) is 9.01. The van der Waals surface area contributed by atoms with Crippen molar-refractivity contribution in [2.75, 3.05) is 0 Å². The highest BCUT2D eigenvalue weighted by atomic mass is 19.1. The Labute approximate surface area is 81.6 Å². The summed E-state index contributed by atoms with van der Waals surface area (Å²) in [6.07, 6.45) is 2.38. The Balaban J connectivity index is 2.51. The van der Waals surface area contributed by atoms with E-state index in [9.17, 15) is 9.50 Å². The molecule has 0 heterocycles. The molecule has 0 amide bonds. The topological polar surface area (TPSA) is 44.0 Å². The Kier molecular flexibility index (Phi) is 1.92. The van der Waals surface area contributed by atoms with Crippen LogP contribution in [0.3, 0.4) is 0 Å². The normalized spacial score (nSPS) is 18.3. The molecule has 1 aliphatic carbocycles. The third-order valence-corrected chi connectivity index (χ3v) is 2.92. The number of hydrogen-bond donors (Lipinski definition) is 1. The number of rotatable bonds is 1. The molecule has 0 aliphatic heterocycles. The number of benzene rings is 1. The van der Waals surface area contributed by atoms with Gasteiger partial charge in [0.15, 0.2) is 11.6 Å². The number of halogens is 1. The molecule has 0 saturated heterocycles. The Hall–Kier alpha value is -1.56. The van der Waals surface area contributed by atoms with Crippen molar-refractivity contribution in [3.63, 3.8) is 0 Å². The highest BCUT2D eigenvalue weighted by molar-refractivity contribution is 5.45. The predicted molar refractivity (Wildman–Crippen MR) is 49.2 cm³/mol. The van der Waals surface area contributed by atoms with Gasteiger partial charge in [-0.1, -0.05) is 12.1 Å². The van der Waals surface area contributed by atoms with Crippen LogP contribution in [0, 0.1) is 17.1 Å². The number of aromatic hydroxyl groups is 1. The molecule has 72 valence electrons. The zero-order valence-corrected chi connectivity index (χ0v) is 7.63. The summed E-state index contributed by atoms with van der Waals surface area (Å²) in [4.78, 5) is 0. The molecule has 1 fully saturated rings. The first-order valence-corrected chi connectivity index (χ1v) is 4.59. The van der Waals surface area contributed by atoms with Gasteiger partial charge in [-0.25, -0.2) is 4.39 Å². The van der Waals surface area contributed by atoms with Gasteiger partial charge in [0.1, 0.15) is 0 Å². The molecule has 1 aromatic carbocycles. The Morgan fingerprint density at radius 1 is 1.43 bits per heavy atom. The number of hydrogen-bond acceptors (Lipinski definition) is 2. The number of nitriles is 1. The molecule has 2 rings (SSSR count). The molecule has 1 saturated carbocycles. The Bertz CT molecular complexity index is 404. The lowest BCUT2D eigenvalue weighted by molar-refractivity contribution is 0.306. The summed E-state index contributed by atoms with van der Waals surface area (Å²) in [7, 11) is 0. The summed E-state index contributed by atoms with van der Waals surface area (Å²) < 4.78 is 13.0. The van der Waals surface area contributed by atoms with Gasteiger partial charge in [0, 0.05) is 5.56 Å². The van der Waals surface area contributed by atoms with Crippen molar-refractivity contribution >= 4 is 0 Å². The Morgan fingerprint density at radius 3 is 2.64 bits per heavy atom. The fourth-order valence-electron chi connectivity index (χ4n) is 1.87. The second-order valence-electron chi connectivity index (χ2n) is 3.68. The lowest BCUT2D eigenvalue weighted by atomic mass is 9.65. The van der Waals surface area contributed by atoms with Crippen molar-refractivity contribution in [2.45, 2.75) is 24.7 Å². The first-order chi connectivity index (χ1) is 6.69. The van der Waals surface area contributed by atoms with Gasteiger partial charge in [-0.15, -0.1) is 0 Å². The van der Waals surface area contributed by atoms with E-state index in [1.54, 1.807) is 6.07 Å². The minimum atomic E-state index is -0.649. The van der Waals surface area contributed by atoms with E-state index in [1.807, 2.05) is 0 Å². The van der Waals surface area contributed by atoms with E-state index in [0.29, 0.717) is 18.4 Å². The maximum absolute atomic E-state index is 13.0. The number of phenols is 1. The van der Waals surface area contributed by atoms with Crippen LogP contribution in [0.25, 0.3) is 0 Å². The van der Waals surface area contributed by atoms with Crippen molar-refractivity contribution < 1.29 is 9.50 Å². The van der Waals surface area contributed by atoms with E-state index in [1.165, 1.54) is 12.1 Å². The standard InChI is InChI=1S/C11H10FNO/c12-9-4-1-3-8(10(9)14)11(7-13)5-2-6-11/h1,3-4,14H,2,5-6H2. The molecule has 0 unspecified atom stereocenters. The van der Waals surface area contributed by atoms with Crippen molar-refractivity contribution in [1.82, 2.24) is 0 Å². The molecule has 0 aromatic heterocycles. The molecule has 0 radical (unpaired) electrons. The fourth-order valence-corrected chi connectivity index (χ4v) is 1.87. The van der Waals surface area contributed by atoms with Crippen LogP contribution >= 0.6 is 0 Å². The quantitative estimate of drug-likeness (QED) is 0.741. The van der Waals surface area contributed by atoms with Crippen molar-refractivity contribution in [3.8, 4) is 11.8 Å². The van der Waals surface area contributed by atoms with E-state index in [0.717, 1.165) is 6.42 Å². The summed E-state index contributed by atoms with van der Waals surface area (Å²) in [5, 5.41) is 18.5. The van der Waals surface area contributed by atoms with Gasteiger partial charge in [-0.2, -0.15) is 5.26 Å². The molecular formula is C11H10FNO.